The van der Waals surface area contributed by atoms with Crippen molar-refractivity contribution in [3.8, 4) is 0 Å². The molecule has 1 amide bonds. The van der Waals surface area contributed by atoms with Crippen LogP contribution in [0.1, 0.15) is 19.4 Å². The van der Waals surface area contributed by atoms with Crippen LogP contribution in [0, 0.1) is 0 Å². The fourth-order valence-electron chi connectivity index (χ4n) is 3.79. The van der Waals surface area contributed by atoms with Crippen LogP contribution in [0.4, 0.5) is 17.1 Å². The number of benzene rings is 3. The van der Waals surface area contributed by atoms with Gasteiger partial charge in [0.05, 0.1) is 5.52 Å². The maximum atomic E-state index is 12.9. The lowest BCUT2D eigenvalue weighted by atomic mass is 10.1. The van der Waals surface area contributed by atoms with Crippen LogP contribution in [0.5, 0.6) is 0 Å². The third-order valence-corrected chi connectivity index (χ3v) is 5.39. The molecule has 176 valence electrons. The lowest BCUT2D eigenvalue weighted by Gasteiger charge is -2.27. The highest BCUT2D eigenvalue weighted by Crippen LogP contribution is 2.23. The Morgan fingerprint density at radius 2 is 1.63 bits per heavy atom. The van der Waals surface area contributed by atoms with Gasteiger partial charge in [0.15, 0.2) is 6.61 Å². The van der Waals surface area contributed by atoms with E-state index in [9.17, 15) is 9.59 Å². The van der Waals surface area contributed by atoms with Crippen LogP contribution in [0.25, 0.3) is 17.0 Å². The summed E-state index contributed by atoms with van der Waals surface area (Å²) in [4.78, 5) is 31.2. The molecule has 0 bridgehead atoms. The van der Waals surface area contributed by atoms with Gasteiger partial charge in [-0.25, -0.2) is 4.79 Å². The zero-order valence-corrected chi connectivity index (χ0v) is 19.7. The van der Waals surface area contributed by atoms with Crippen molar-refractivity contribution in [2.45, 2.75) is 19.9 Å². The predicted molar refractivity (Wildman–Crippen MR) is 141 cm³/mol. The van der Waals surface area contributed by atoms with Crippen LogP contribution in [-0.4, -0.2) is 29.5 Å². The van der Waals surface area contributed by atoms with Crippen LogP contribution in [0.15, 0.2) is 97.2 Å². The van der Waals surface area contributed by atoms with Gasteiger partial charge in [-0.05, 0) is 62.4 Å². The molecule has 4 rings (SSSR count). The molecule has 0 saturated carbocycles. The first kappa shape index (κ1) is 23.7. The highest BCUT2D eigenvalue weighted by Gasteiger charge is 2.20. The molecule has 0 atom stereocenters. The lowest BCUT2D eigenvalue weighted by Crippen LogP contribution is -2.39. The Bertz CT molecular complexity index is 1330. The summed E-state index contributed by atoms with van der Waals surface area (Å²) in [5, 5.41) is 4.30. The number of rotatable bonds is 8. The summed E-state index contributed by atoms with van der Waals surface area (Å²) in [5.74, 6) is -0.880. The summed E-state index contributed by atoms with van der Waals surface area (Å²) in [6.07, 6.45) is 4.68. The Morgan fingerprint density at radius 3 is 2.37 bits per heavy atom. The number of anilines is 3. The molecule has 6 heteroatoms. The van der Waals surface area contributed by atoms with Crippen molar-refractivity contribution in [2.24, 2.45) is 0 Å². The first-order valence-electron chi connectivity index (χ1n) is 11.4. The van der Waals surface area contributed by atoms with Crippen LogP contribution in [-0.2, 0) is 14.3 Å². The zero-order valence-electron chi connectivity index (χ0n) is 19.7. The van der Waals surface area contributed by atoms with E-state index in [1.807, 2.05) is 98.8 Å². The van der Waals surface area contributed by atoms with Gasteiger partial charge in [-0.15, -0.1) is 0 Å². The first-order valence-corrected chi connectivity index (χ1v) is 11.4. The molecule has 6 nitrogen and oxygen atoms in total. The quantitative estimate of drug-likeness (QED) is 0.256. The number of hydrogen-bond donors (Lipinski definition) is 1. The molecular weight excluding hydrogens is 438 g/mol. The molecule has 35 heavy (non-hydrogen) atoms. The number of ether oxygens (including phenoxy) is 1. The van der Waals surface area contributed by atoms with Gasteiger partial charge in [0.2, 0.25) is 0 Å². The number of hydrogen-bond acceptors (Lipinski definition) is 5. The Labute approximate surface area is 204 Å². The summed E-state index contributed by atoms with van der Waals surface area (Å²) < 4.78 is 5.24. The number of carbonyl (C=O) groups excluding carboxylic acids is 2. The minimum absolute atomic E-state index is 0.105. The monoisotopic (exact) mass is 465 g/mol. The second-order valence-corrected chi connectivity index (χ2v) is 8.26. The van der Waals surface area contributed by atoms with Gasteiger partial charge in [0, 0.05) is 46.3 Å². The number of nitrogens with zero attached hydrogens (tertiary/aromatic N) is 2. The Morgan fingerprint density at radius 1 is 0.914 bits per heavy atom. The molecule has 0 saturated heterocycles. The van der Waals surface area contributed by atoms with E-state index in [1.54, 1.807) is 17.2 Å². The Hall–Kier alpha value is -4.45. The number of para-hydroxylation sites is 2. The highest BCUT2D eigenvalue weighted by molar-refractivity contribution is 5.98. The average Bonchev–Trinajstić information content (AvgIpc) is 2.88. The number of pyridine rings is 1. The summed E-state index contributed by atoms with van der Waals surface area (Å²) in [7, 11) is 0. The smallest absolute Gasteiger partial charge is 0.331 e. The zero-order chi connectivity index (χ0) is 24.6. The van der Waals surface area contributed by atoms with E-state index in [1.165, 1.54) is 6.08 Å². The number of nitrogens with one attached hydrogen (secondary N) is 1. The molecule has 4 aromatic rings. The van der Waals surface area contributed by atoms with Gasteiger partial charge in [-0.3, -0.25) is 9.78 Å². The molecule has 0 aliphatic rings. The third kappa shape index (κ3) is 6.12. The summed E-state index contributed by atoms with van der Waals surface area (Å²) in [5.41, 5.74) is 4.23. The fourth-order valence-corrected chi connectivity index (χ4v) is 3.79. The molecule has 0 unspecified atom stereocenters. The van der Waals surface area contributed by atoms with Crippen LogP contribution >= 0.6 is 0 Å². The fraction of sp³-hybridized carbons (Fsp3) is 0.138. The largest absolute Gasteiger partial charge is 0.452 e. The SMILES string of the molecule is CC(C)N(C(=O)COC(=O)C=Cc1cccc2cccnc12)c1ccc(Nc2ccccc2)cc1. The van der Waals surface area contributed by atoms with E-state index < -0.39 is 5.97 Å². The minimum atomic E-state index is -0.586. The molecule has 0 radical (unpaired) electrons. The number of carbonyl (C=O) groups is 2. The second kappa shape index (κ2) is 11.1. The molecule has 0 aliphatic heterocycles. The molecule has 0 spiro atoms. The van der Waals surface area contributed by atoms with Crippen molar-refractivity contribution in [3.05, 3.63) is 103 Å². The average molecular weight is 466 g/mol. The van der Waals surface area contributed by atoms with Crippen molar-refractivity contribution < 1.29 is 14.3 Å². The minimum Gasteiger partial charge on any atom is -0.452 e. The van der Waals surface area contributed by atoms with E-state index >= 15 is 0 Å². The molecule has 0 fully saturated rings. The van der Waals surface area contributed by atoms with Crippen molar-refractivity contribution >= 4 is 45.9 Å². The van der Waals surface area contributed by atoms with Gasteiger partial charge in [-0.2, -0.15) is 0 Å². The van der Waals surface area contributed by atoms with Gasteiger partial charge >= 0.3 is 5.97 Å². The van der Waals surface area contributed by atoms with Gasteiger partial charge < -0.3 is 15.0 Å². The summed E-state index contributed by atoms with van der Waals surface area (Å²) in [6.45, 7) is 3.49. The number of amides is 1. The molecule has 1 N–H and O–H groups in total. The van der Waals surface area contributed by atoms with E-state index in [0.29, 0.717) is 0 Å². The normalized spacial score (nSPS) is 11.1. The van der Waals surface area contributed by atoms with Gasteiger partial charge in [0.25, 0.3) is 5.91 Å². The summed E-state index contributed by atoms with van der Waals surface area (Å²) >= 11 is 0. The van der Waals surface area contributed by atoms with E-state index in [4.69, 9.17) is 4.74 Å². The molecule has 3 aromatic carbocycles. The maximum Gasteiger partial charge on any atom is 0.331 e. The topological polar surface area (TPSA) is 71.5 Å². The first-order chi connectivity index (χ1) is 17.0. The highest BCUT2D eigenvalue weighted by atomic mass is 16.5. The van der Waals surface area contributed by atoms with Crippen LogP contribution < -0.4 is 10.2 Å². The van der Waals surface area contributed by atoms with Crippen molar-refractivity contribution in [1.82, 2.24) is 4.98 Å². The van der Waals surface area contributed by atoms with E-state index in [0.717, 1.165) is 33.5 Å². The Kier molecular flexibility index (Phi) is 7.53. The maximum absolute atomic E-state index is 12.9. The number of fused-ring (bicyclic) bond motifs is 1. The van der Waals surface area contributed by atoms with Crippen molar-refractivity contribution in [3.63, 3.8) is 0 Å². The van der Waals surface area contributed by atoms with Gasteiger partial charge in [0.1, 0.15) is 0 Å². The molecule has 1 heterocycles. The second-order valence-electron chi connectivity index (χ2n) is 8.26. The number of esters is 1. The van der Waals surface area contributed by atoms with Gasteiger partial charge in [-0.1, -0.05) is 42.5 Å². The number of aromatic nitrogens is 1. The van der Waals surface area contributed by atoms with Crippen molar-refractivity contribution in [1.29, 1.82) is 0 Å². The standard InChI is InChI=1S/C29H27N3O3/c1-21(2)32(26-16-14-25(15-17-26)31-24-11-4-3-5-12-24)27(33)20-35-28(34)18-13-23-9-6-8-22-10-7-19-30-29(22)23/h3-19,21,31H,20H2,1-2H3. The summed E-state index contributed by atoms with van der Waals surface area (Å²) in [6, 6.07) is 26.9. The Balaban J connectivity index is 1.38. The third-order valence-electron chi connectivity index (χ3n) is 5.39. The lowest BCUT2D eigenvalue weighted by molar-refractivity contribution is -0.143. The van der Waals surface area contributed by atoms with Crippen LogP contribution in [0.3, 0.4) is 0 Å². The van der Waals surface area contributed by atoms with E-state index in [2.05, 4.69) is 10.3 Å². The molecular formula is C29H27N3O3. The van der Waals surface area contributed by atoms with Crippen molar-refractivity contribution in [2.75, 3.05) is 16.8 Å². The predicted octanol–water partition coefficient (Wildman–Crippen LogP) is 5.98. The molecule has 1 aromatic heterocycles. The van der Waals surface area contributed by atoms with Crippen LogP contribution in [0.2, 0.25) is 0 Å². The molecule has 0 aliphatic carbocycles. The van der Waals surface area contributed by atoms with E-state index in [-0.39, 0.29) is 18.6 Å².